The summed E-state index contributed by atoms with van der Waals surface area (Å²) in [4.78, 5) is 15.2. The van der Waals surface area contributed by atoms with Crippen molar-refractivity contribution < 1.29 is 9.53 Å². The fourth-order valence-corrected chi connectivity index (χ4v) is 1.99. The van der Waals surface area contributed by atoms with Gasteiger partial charge in [-0.1, -0.05) is 6.07 Å². The highest BCUT2D eigenvalue weighted by atomic mass is 16.5. The van der Waals surface area contributed by atoms with Crippen LogP contribution in [-0.4, -0.2) is 31.1 Å². The van der Waals surface area contributed by atoms with E-state index in [4.69, 9.17) is 4.74 Å². The first-order valence-electron chi connectivity index (χ1n) is 6.62. The van der Waals surface area contributed by atoms with Crippen LogP contribution in [0.4, 0.5) is 5.69 Å². The molecule has 0 aliphatic rings. The van der Waals surface area contributed by atoms with Crippen molar-refractivity contribution in [2.45, 2.75) is 13.3 Å². The first-order valence-corrected chi connectivity index (χ1v) is 6.62. The lowest BCUT2D eigenvalue weighted by molar-refractivity contribution is -0.118. The van der Waals surface area contributed by atoms with Gasteiger partial charge >= 0.3 is 0 Å². The van der Waals surface area contributed by atoms with E-state index in [9.17, 15) is 4.79 Å². The van der Waals surface area contributed by atoms with Gasteiger partial charge in [0.15, 0.2) is 0 Å². The quantitative estimate of drug-likeness (QED) is 0.792. The summed E-state index contributed by atoms with van der Waals surface area (Å²) in [6, 6.07) is 7.81. The van der Waals surface area contributed by atoms with Gasteiger partial charge in [-0.2, -0.15) is 0 Å². The Morgan fingerprint density at radius 1 is 1.35 bits per heavy atom. The molecule has 0 radical (unpaired) electrons. The van der Waals surface area contributed by atoms with Gasteiger partial charge in [0, 0.05) is 37.7 Å². The summed E-state index contributed by atoms with van der Waals surface area (Å²) in [5.41, 5.74) is 1.87. The number of methoxy groups -OCH3 is 1. The maximum absolute atomic E-state index is 10.8. The fourth-order valence-electron chi connectivity index (χ4n) is 1.99. The number of amides is 1. The predicted octanol–water partition coefficient (Wildman–Crippen LogP) is 2.18. The Hall–Kier alpha value is -2.30. The van der Waals surface area contributed by atoms with E-state index in [-0.39, 0.29) is 5.91 Å². The molecule has 5 heteroatoms. The Balaban J connectivity index is 2.06. The SMILES string of the molecule is COc1cc(NCCCNC(C)=O)c2ncccc2c1. The molecule has 0 unspecified atom stereocenters. The Morgan fingerprint density at radius 3 is 2.95 bits per heavy atom. The summed E-state index contributed by atoms with van der Waals surface area (Å²) in [5.74, 6) is 0.799. The van der Waals surface area contributed by atoms with Gasteiger partial charge in [-0.05, 0) is 18.6 Å². The molecule has 1 aromatic heterocycles. The topological polar surface area (TPSA) is 63.2 Å². The van der Waals surface area contributed by atoms with Crippen LogP contribution in [0.1, 0.15) is 13.3 Å². The molecular weight excluding hydrogens is 254 g/mol. The lowest BCUT2D eigenvalue weighted by Gasteiger charge is -2.11. The van der Waals surface area contributed by atoms with Crippen LogP contribution in [0.5, 0.6) is 5.75 Å². The average Bonchev–Trinajstić information content (AvgIpc) is 2.46. The van der Waals surface area contributed by atoms with E-state index in [0.717, 1.165) is 35.3 Å². The molecular formula is C15H19N3O2. The van der Waals surface area contributed by atoms with Crippen molar-refractivity contribution in [2.24, 2.45) is 0 Å². The van der Waals surface area contributed by atoms with Crippen molar-refractivity contribution in [1.29, 1.82) is 0 Å². The maximum atomic E-state index is 10.8. The number of carbonyl (C=O) groups excluding carboxylic acids is 1. The second-order valence-corrected chi connectivity index (χ2v) is 4.51. The lowest BCUT2D eigenvalue weighted by Crippen LogP contribution is -2.22. The number of hydrogen-bond donors (Lipinski definition) is 2. The Labute approximate surface area is 118 Å². The second-order valence-electron chi connectivity index (χ2n) is 4.51. The van der Waals surface area contributed by atoms with Gasteiger partial charge < -0.3 is 15.4 Å². The summed E-state index contributed by atoms with van der Waals surface area (Å²) in [7, 11) is 1.65. The molecule has 2 rings (SSSR count). The van der Waals surface area contributed by atoms with Crippen LogP contribution in [0.2, 0.25) is 0 Å². The van der Waals surface area contributed by atoms with Crippen molar-refractivity contribution in [3.63, 3.8) is 0 Å². The third kappa shape index (κ3) is 3.60. The standard InChI is InChI=1S/C15H19N3O2/c1-11(19)16-7-4-8-17-14-10-13(20-2)9-12-5-3-6-18-15(12)14/h3,5-6,9-10,17H,4,7-8H2,1-2H3,(H,16,19). The number of hydrogen-bond acceptors (Lipinski definition) is 4. The first kappa shape index (κ1) is 14.1. The number of ether oxygens (including phenoxy) is 1. The molecule has 5 nitrogen and oxygen atoms in total. The molecule has 1 aromatic carbocycles. The molecule has 1 heterocycles. The van der Waals surface area contributed by atoms with Crippen LogP contribution < -0.4 is 15.4 Å². The molecule has 0 aliphatic heterocycles. The predicted molar refractivity (Wildman–Crippen MR) is 80.1 cm³/mol. The molecule has 2 aromatic rings. The molecule has 0 spiro atoms. The van der Waals surface area contributed by atoms with Crippen LogP contribution in [-0.2, 0) is 4.79 Å². The van der Waals surface area contributed by atoms with Crippen LogP contribution in [0.15, 0.2) is 30.5 Å². The van der Waals surface area contributed by atoms with Gasteiger partial charge in [0.2, 0.25) is 5.91 Å². The van der Waals surface area contributed by atoms with Gasteiger partial charge in [0.05, 0.1) is 18.3 Å². The van der Waals surface area contributed by atoms with E-state index in [1.165, 1.54) is 6.92 Å². The summed E-state index contributed by atoms with van der Waals surface area (Å²) >= 11 is 0. The minimum atomic E-state index is -0.00139. The summed E-state index contributed by atoms with van der Waals surface area (Å²) in [5, 5.41) is 7.15. The summed E-state index contributed by atoms with van der Waals surface area (Å²) < 4.78 is 5.30. The Bertz CT molecular complexity index is 599. The number of fused-ring (bicyclic) bond motifs is 1. The van der Waals surface area contributed by atoms with E-state index in [0.29, 0.717) is 6.54 Å². The highest BCUT2D eigenvalue weighted by Crippen LogP contribution is 2.27. The monoisotopic (exact) mass is 273 g/mol. The average molecular weight is 273 g/mol. The molecule has 0 atom stereocenters. The molecule has 0 saturated heterocycles. The molecule has 0 bridgehead atoms. The molecule has 0 aliphatic carbocycles. The number of pyridine rings is 1. The van der Waals surface area contributed by atoms with Gasteiger partial charge in [0.25, 0.3) is 0 Å². The largest absolute Gasteiger partial charge is 0.497 e. The van der Waals surface area contributed by atoms with E-state index in [2.05, 4.69) is 15.6 Å². The number of nitrogens with one attached hydrogen (secondary N) is 2. The Kier molecular flexibility index (Phi) is 4.76. The van der Waals surface area contributed by atoms with Crippen molar-refractivity contribution in [2.75, 3.05) is 25.5 Å². The summed E-state index contributed by atoms with van der Waals surface area (Å²) in [6.07, 6.45) is 2.63. The minimum Gasteiger partial charge on any atom is -0.497 e. The van der Waals surface area contributed by atoms with Gasteiger partial charge in [-0.15, -0.1) is 0 Å². The van der Waals surface area contributed by atoms with Gasteiger partial charge in [0.1, 0.15) is 5.75 Å². The maximum Gasteiger partial charge on any atom is 0.216 e. The number of carbonyl (C=O) groups is 1. The number of nitrogens with zero attached hydrogens (tertiary/aromatic N) is 1. The van der Waals surface area contributed by atoms with E-state index < -0.39 is 0 Å². The van der Waals surface area contributed by atoms with Crippen LogP contribution in [0.25, 0.3) is 10.9 Å². The van der Waals surface area contributed by atoms with E-state index in [1.54, 1.807) is 13.3 Å². The summed E-state index contributed by atoms with van der Waals surface area (Å²) in [6.45, 7) is 2.95. The fraction of sp³-hybridized carbons (Fsp3) is 0.333. The minimum absolute atomic E-state index is 0.00139. The smallest absolute Gasteiger partial charge is 0.216 e. The molecule has 20 heavy (non-hydrogen) atoms. The highest BCUT2D eigenvalue weighted by molar-refractivity contribution is 5.91. The number of benzene rings is 1. The third-order valence-electron chi connectivity index (χ3n) is 2.96. The molecule has 2 N–H and O–H groups in total. The van der Waals surface area contributed by atoms with Crippen LogP contribution in [0.3, 0.4) is 0 Å². The van der Waals surface area contributed by atoms with Crippen LogP contribution in [0, 0.1) is 0 Å². The van der Waals surface area contributed by atoms with Crippen molar-refractivity contribution in [1.82, 2.24) is 10.3 Å². The van der Waals surface area contributed by atoms with E-state index in [1.807, 2.05) is 24.3 Å². The van der Waals surface area contributed by atoms with Gasteiger partial charge in [-0.3, -0.25) is 9.78 Å². The van der Waals surface area contributed by atoms with Crippen molar-refractivity contribution in [3.8, 4) is 5.75 Å². The van der Waals surface area contributed by atoms with Crippen molar-refractivity contribution >= 4 is 22.5 Å². The molecule has 1 amide bonds. The number of rotatable bonds is 6. The zero-order chi connectivity index (χ0) is 14.4. The Morgan fingerprint density at radius 2 is 2.20 bits per heavy atom. The zero-order valence-electron chi connectivity index (χ0n) is 11.8. The van der Waals surface area contributed by atoms with E-state index >= 15 is 0 Å². The second kappa shape index (κ2) is 6.75. The number of anilines is 1. The molecule has 0 fully saturated rings. The zero-order valence-corrected chi connectivity index (χ0v) is 11.8. The molecule has 0 saturated carbocycles. The lowest BCUT2D eigenvalue weighted by atomic mass is 10.1. The number of aromatic nitrogens is 1. The van der Waals surface area contributed by atoms with Gasteiger partial charge in [-0.25, -0.2) is 0 Å². The normalized spacial score (nSPS) is 10.3. The third-order valence-corrected chi connectivity index (χ3v) is 2.96. The highest BCUT2D eigenvalue weighted by Gasteiger charge is 2.05. The molecule has 106 valence electrons. The van der Waals surface area contributed by atoms with Crippen LogP contribution >= 0.6 is 0 Å². The first-order chi connectivity index (χ1) is 9.70. The van der Waals surface area contributed by atoms with Crippen molar-refractivity contribution in [3.05, 3.63) is 30.5 Å².